The number of aromatic amines is 1. The van der Waals surface area contributed by atoms with Gasteiger partial charge in [-0.05, 0) is 41.6 Å². The van der Waals surface area contributed by atoms with Crippen LogP contribution in [0, 0.1) is 10.7 Å². The molecule has 1 aliphatic heterocycles. The molecule has 0 saturated heterocycles. The van der Waals surface area contributed by atoms with E-state index in [1.807, 2.05) is 36.4 Å². The van der Waals surface area contributed by atoms with Crippen LogP contribution in [0.1, 0.15) is 21.6 Å². The van der Waals surface area contributed by atoms with E-state index in [-0.39, 0.29) is 5.91 Å². The van der Waals surface area contributed by atoms with E-state index in [4.69, 9.17) is 15.2 Å². The molecule has 2 aromatic heterocycles. The fourth-order valence-electron chi connectivity index (χ4n) is 3.14. The number of thiocyanates is 1. The molecule has 7 nitrogen and oxygen atoms in total. The van der Waals surface area contributed by atoms with Crippen molar-refractivity contribution in [3.05, 3.63) is 65.5 Å². The molecule has 1 aromatic carbocycles. The Hall–Kier alpha value is -3.78. The van der Waals surface area contributed by atoms with Crippen molar-refractivity contribution in [2.75, 3.05) is 6.54 Å². The number of hydrogen-bond donors (Lipinski definition) is 3. The summed E-state index contributed by atoms with van der Waals surface area (Å²) in [4.78, 5) is 28.7. The molecule has 3 N–H and O–H groups in total. The van der Waals surface area contributed by atoms with Gasteiger partial charge in [0.25, 0.3) is 5.91 Å². The van der Waals surface area contributed by atoms with Crippen LogP contribution in [0.3, 0.4) is 0 Å². The number of carbonyl (C=O) groups excluding carboxylic acids is 1. The Morgan fingerprint density at radius 2 is 1.97 bits per heavy atom. The summed E-state index contributed by atoms with van der Waals surface area (Å²) in [6.45, 7) is 0.668. The van der Waals surface area contributed by atoms with E-state index < -0.39 is 12.1 Å². The molecule has 0 spiro atoms. The molecule has 0 fully saturated rings. The number of carboxylic acids is 1. The van der Waals surface area contributed by atoms with Crippen molar-refractivity contribution in [2.24, 2.45) is 0 Å². The van der Waals surface area contributed by atoms with Gasteiger partial charge in [-0.15, -0.1) is 0 Å². The first-order valence-corrected chi connectivity index (χ1v) is 10.5. The number of aromatic nitrogens is 2. The molecule has 3 heterocycles. The molecule has 4 rings (SSSR count). The van der Waals surface area contributed by atoms with Gasteiger partial charge in [-0.25, -0.2) is 4.79 Å². The topological polar surface area (TPSA) is 119 Å². The Kier molecular flexibility index (Phi) is 7.40. The molecule has 0 unspecified atom stereocenters. The second-order valence-corrected chi connectivity index (χ2v) is 7.65. The highest BCUT2D eigenvalue weighted by atomic mass is 32.2. The standard InChI is InChI=1S/C20H16N4OS.C2HF3O2/c21-12-26-11-13-2-1-3-14(8-13)18-9-15(4-6-22-18)19-10-16-17(24-19)5-7-23-20(16)25;3-2(4,5)1(6)7/h1-4,6,8-10,24H,5,7,11H2,(H,23,25);(H,6,7). The van der Waals surface area contributed by atoms with Crippen LogP contribution in [0.5, 0.6) is 0 Å². The van der Waals surface area contributed by atoms with E-state index >= 15 is 0 Å². The Bertz CT molecular complexity index is 1220. The maximum Gasteiger partial charge on any atom is 0.490 e. The largest absolute Gasteiger partial charge is 0.490 e. The monoisotopic (exact) mass is 474 g/mol. The minimum Gasteiger partial charge on any atom is -0.475 e. The molecule has 0 saturated carbocycles. The van der Waals surface area contributed by atoms with Gasteiger partial charge in [-0.2, -0.15) is 18.4 Å². The van der Waals surface area contributed by atoms with Crippen molar-refractivity contribution in [1.82, 2.24) is 15.3 Å². The molecule has 0 atom stereocenters. The first-order valence-electron chi connectivity index (χ1n) is 9.56. The van der Waals surface area contributed by atoms with Crippen LogP contribution < -0.4 is 5.32 Å². The highest BCUT2D eigenvalue weighted by molar-refractivity contribution is 8.02. The minimum absolute atomic E-state index is 0.0225. The summed E-state index contributed by atoms with van der Waals surface area (Å²) in [6.07, 6.45) is -2.49. The lowest BCUT2D eigenvalue weighted by Crippen LogP contribution is -2.31. The molecule has 170 valence electrons. The third-order valence-corrected chi connectivity index (χ3v) is 5.25. The van der Waals surface area contributed by atoms with Gasteiger partial charge in [0, 0.05) is 47.4 Å². The molecule has 33 heavy (non-hydrogen) atoms. The van der Waals surface area contributed by atoms with Crippen LogP contribution in [0.4, 0.5) is 13.2 Å². The van der Waals surface area contributed by atoms with Crippen molar-refractivity contribution in [2.45, 2.75) is 18.3 Å². The number of aliphatic carboxylic acids is 1. The van der Waals surface area contributed by atoms with Gasteiger partial charge in [-0.3, -0.25) is 9.78 Å². The second-order valence-electron chi connectivity index (χ2n) is 6.89. The second kappa shape index (κ2) is 10.2. The number of pyridine rings is 1. The van der Waals surface area contributed by atoms with Crippen LogP contribution in [0.25, 0.3) is 22.5 Å². The summed E-state index contributed by atoms with van der Waals surface area (Å²) in [5.41, 5.74) is 6.59. The minimum atomic E-state index is -5.08. The maximum absolute atomic E-state index is 12.0. The molecule has 0 radical (unpaired) electrons. The van der Waals surface area contributed by atoms with Gasteiger partial charge in [0.05, 0.1) is 11.3 Å². The summed E-state index contributed by atoms with van der Waals surface area (Å²) >= 11 is 1.22. The zero-order chi connectivity index (χ0) is 24.0. The Morgan fingerprint density at radius 1 is 1.21 bits per heavy atom. The average molecular weight is 474 g/mol. The van der Waals surface area contributed by atoms with E-state index in [0.717, 1.165) is 45.8 Å². The molecular formula is C22H17F3N4O3S. The Balaban J connectivity index is 0.000000383. The summed E-state index contributed by atoms with van der Waals surface area (Å²) in [5, 5.41) is 20.8. The number of nitriles is 1. The first-order chi connectivity index (χ1) is 15.7. The van der Waals surface area contributed by atoms with Crippen molar-refractivity contribution in [1.29, 1.82) is 5.26 Å². The number of benzene rings is 1. The number of alkyl halides is 3. The lowest BCUT2D eigenvalue weighted by molar-refractivity contribution is -0.192. The molecule has 0 bridgehead atoms. The van der Waals surface area contributed by atoms with Gasteiger partial charge in [-0.1, -0.05) is 18.2 Å². The number of halogens is 3. The maximum atomic E-state index is 12.0. The van der Waals surface area contributed by atoms with Gasteiger partial charge in [0.15, 0.2) is 0 Å². The molecule has 1 aliphatic rings. The summed E-state index contributed by atoms with van der Waals surface area (Å²) in [6, 6.07) is 13.9. The van der Waals surface area contributed by atoms with E-state index in [9.17, 15) is 18.0 Å². The number of fused-ring (bicyclic) bond motifs is 1. The zero-order valence-electron chi connectivity index (χ0n) is 16.9. The van der Waals surface area contributed by atoms with Gasteiger partial charge < -0.3 is 15.4 Å². The van der Waals surface area contributed by atoms with Crippen molar-refractivity contribution >= 4 is 23.6 Å². The number of amides is 1. The fraction of sp³-hybridized carbons (Fsp3) is 0.182. The smallest absolute Gasteiger partial charge is 0.475 e. The van der Waals surface area contributed by atoms with E-state index in [1.54, 1.807) is 6.20 Å². The lowest BCUT2D eigenvalue weighted by Gasteiger charge is -2.11. The highest BCUT2D eigenvalue weighted by Gasteiger charge is 2.38. The predicted molar refractivity (Wildman–Crippen MR) is 116 cm³/mol. The van der Waals surface area contributed by atoms with Gasteiger partial charge >= 0.3 is 12.1 Å². The van der Waals surface area contributed by atoms with Crippen LogP contribution in [0.2, 0.25) is 0 Å². The van der Waals surface area contributed by atoms with E-state index in [1.165, 1.54) is 11.8 Å². The Morgan fingerprint density at radius 3 is 2.64 bits per heavy atom. The van der Waals surface area contributed by atoms with Crippen LogP contribution in [-0.4, -0.2) is 39.7 Å². The number of nitrogens with zero attached hydrogens (tertiary/aromatic N) is 2. The van der Waals surface area contributed by atoms with Crippen LogP contribution in [-0.2, 0) is 17.0 Å². The van der Waals surface area contributed by atoms with Gasteiger partial charge in [0.1, 0.15) is 5.40 Å². The number of H-pyrrole nitrogens is 1. The van der Waals surface area contributed by atoms with Gasteiger partial charge in [0.2, 0.25) is 0 Å². The first kappa shape index (κ1) is 23.9. The number of carbonyl (C=O) groups is 2. The third kappa shape index (κ3) is 6.14. The van der Waals surface area contributed by atoms with Crippen LogP contribution in [0.15, 0.2) is 48.7 Å². The molecule has 11 heteroatoms. The van der Waals surface area contributed by atoms with E-state index in [0.29, 0.717) is 12.3 Å². The number of carboxylic acid groups (broad SMARTS) is 1. The zero-order valence-corrected chi connectivity index (χ0v) is 17.8. The predicted octanol–water partition coefficient (Wildman–Crippen LogP) is 4.38. The number of nitrogens with one attached hydrogen (secondary N) is 2. The SMILES string of the molecule is N#CSCc1cccc(-c2cc(-c3cc4c([nH]3)CCNC4=O)ccn2)c1.O=C(O)C(F)(F)F. The third-order valence-electron chi connectivity index (χ3n) is 4.64. The molecule has 3 aromatic rings. The number of hydrogen-bond acceptors (Lipinski definition) is 5. The summed E-state index contributed by atoms with van der Waals surface area (Å²) in [5.74, 6) is -2.12. The summed E-state index contributed by atoms with van der Waals surface area (Å²) in [7, 11) is 0. The fourth-order valence-corrected chi connectivity index (χ4v) is 3.55. The molecule has 0 aliphatic carbocycles. The van der Waals surface area contributed by atoms with Crippen LogP contribution >= 0.6 is 11.8 Å². The quantitative estimate of drug-likeness (QED) is 0.483. The molecule has 1 amide bonds. The molecular weight excluding hydrogens is 457 g/mol. The number of rotatable bonds is 4. The Labute approximate surface area is 190 Å². The average Bonchev–Trinajstić information content (AvgIpc) is 3.24. The number of thioether (sulfide) groups is 1. The van der Waals surface area contributed by atoms with Crippen molar-refractivity contribution in [3.63, 3.8) is 0 Å². The highest BCUT2D eigenvalue weighted by Crippen LogP contribution is 2.28. The summed E-state index contributed by atoms with van der Waals surface area (Å²) < 4.78 is 31.7. The van der Waals surface area contributed by atoms with E-state index in [2.05, 4.69) is 26.8 Å². The normalized spacial score (nSPS) is 12.6. The lowest BCUT2D eigenvalue weighted by atomic mass is 10.0. The van der Waals surface area contributed by atoms with Crippen molar-refractivity contribution in [3.8, 4) is 27.9 Å². The van der Waals surface area contributed by atoms with Crippen molar-refractivity contribution < 1.29 is 27.9 Å².